The first-order valence-electron chi connectivity index (χ1n) is 10.2. The van der Waals surface area contributed by atoms with Crippen LogP contribution in [-0.4, -0.2) is 50.0 Å². The van der Waals surface area contributed by atoms with E-state index >= 15 is 0 Å². The molecule has 1 aliphatic heterocycles. The number of aliphatic hydroxyl groups is 1. The van der Waals surface area contributed by atoms with Crippen LogP contribution in [0, 0.1) is 13.8 Å². The van der Waals surface area contributed by atoms with Gasteiger partial charge in [0, 0.05) is 13.1 Å². The molecular weight excluding hydrogens is 380 g/mol. The second-order valence-corrected chi connectivity index (χ2v) is 6.29. The van der Waals surface area contributed by atoms with Crippen molar-refractivity contribution in [3.05, 3.63) is 65.2 Å². The van der Waals surface area contributed by atoms with E-state index in [-0.39, 0.29) is 12.6 Å². The van der Waals surface area contributed by atoms with Crippen LogP contribution in [0.2, 0.25) is 0 Å². The molecule has 30 heavy (non-hydrogen) atoms. The third-order valence-electron chi connectivity index (χ3n) is 3.79. The van der Waals surface area contributed by atoms with Crippen LogP contribution in [0.3, 0.4) is 0 Å². The third-order valence-corrected chi connectivity index (χ3v) is 3.79. The van der Waals surface area contributed by atoms with Gasteiger partial charge in [0.05, 0.1) is 13.2 Å². The molecule has 0 amide bonds. The van der Waals surface area contributed by atoms with E-state index in [1.165, 1.54) is 16.7 Å². The van der Waals surface area contributed by atoms with Crippen molar-refractivity contribution in [2.75, 3.05) is 27.2 Å². The first-order valence-corrected chi connectivity index (χ1v) is 10.2. The molecule has 3 rings (SSSR count). The van der Waals surface area contributed by atoms with E-state index < -0.39 is 0 Å². The fourth-order valence-electron chi connectivity index (χ4n) is 2.22. The predicted octanol–water partition coefficient (Wildman–Crippen LogP) is 3.79. The number of ether oxygens (including phenoxy) is 1. The number of aryl methyl sites for hydroxylation is 2. The summed E-state index contributed by atoms with van der Waals surface area (Å²) in [7, 11) is 3.63. The van der Waals surface area contributed by atoms with Gasteiger partial charge in [0.25, 0.3) is 6.47 Å². The van der Waals surface area contributed by atoms with E-state index in [4.69, 9.17) is 19.7 Å². The monoisotopic (exact) mass is 420 g/mol. The lowest BCUT2D eigenvalue weighted by atomic mass is 10.1. The van der Waals surface area contributed by atoms with E-state index in [0.29, 0.717) is 0 Å². The summed E-state index contributed by atoms with van der Waals surface area (Å²) in [5, 5.41) is 21.7. The van der Waals surface area contributed by atoms with Gasteiger partial charge in [-0.15, -0.1) is 0 Å². The zero-order valence-electron chi connectivity index (χ0n) is 19.3. The molecule has 2 aromatic carbocycles. The van der Waals surface area contributed by atoms with E-state index in [0.717, 1.165) is 31.8 Å². The third kappa shape index (κ3) is 17.7. The molecule has 1 aliphatic rings. The molecule has 0 radical (unpaired) electrons. The highest BCUT2D eigenvalue weighted by molar-refractivity contribution is 5.32. The smallest absolute Gasteiger partial charge is 0.290 e. The second-order valence-electron chi connectivity index (χ2n) is 6.29. The molecule has 1 fully saturated rings. The Morgan fingerprint density at radius 3 is 1.83 bits per heavy atom. The standard InChI is InChI=1S/C9H13N.C8H10O.C4H9NO.C2H6.CH2O2/c1-8-3-5-9(6-4-8)7-10-2;1-7-3-5-8(9-2)6-4-7;6-4-1-2-5-3-4;1-2;2-1-3/h3-6,10H,7H2,1-2H3;3-6H,1-2H3;4-6H,1-3H2;1-2H3;1H,(H,2,3). The van der Waals surface area contributed by atoms with Crippen LogP contribution in [0.5, 0.6) is 5.75 Å². The fourth-order valence-corrected chi connectivity index (χ4v) is 2.22. The van der Waals surface area contributed by atoms with Crippen molar-refractivity contribution in [2.24, 2.45) is 0 Å². The maximum atomic E-state index is 8.67. The maximum absolute atomic E-state index is 8.67. The van der Waals surface area contributed by atoms with Crippen LogP contribution in [0.1, 0.15) is 37.0 Å². The number of methoxy groups -OCH3 is 1. The molecule has 2 aromatic rings. The molecule has 1 atom stereocenters. The minimum Gasteiger partial charge on any atom is -0.497 e. The van der Waals surface area contributed by atoms with E-state index in [1.54, 1.807) is 7.11 Å². The Hall–Kier alpha value is -2.41. The highest BCUT2D eigenvalue weighted by atomic mass is 16.5. The summed E-state index contributed by atoms with van der Waals surface area (Å²) in [6.07, 6.45) is 0.866. The van der Waals surface area contributed by atoms with Crippen LogP contribution in [-0.2, 0) is 11.3 Å². The molecule has 0 saturated carbocycles. The first kappa shape index (κ1) is 29.8. The van der Waals surface area contributed by atoms with E-state index in [1.807, 2.05) is 45.2 Å². The zero-order valence-corrected chi connectivity index (χ0v) is 19.3. The van der Waals surface area contributed by atoms with E-state index in [9.17, 15) is 0 Å². The zero-order chi connectivity index (χ0) is 23.2. The maximum Gasteiger partial charge on any atom is 0.290 e. The molecule has 1 saturated heterocycles. The first-order chi connectivity index (χ1) is 14.5. The Morgan fingerprint density at radius 2 is 1.53 bits per heavy atom. The number of rotatable bonds is 3. The largest absolute Gasteiger partial charge is 0.497 e. The van der Waals surface area contributed by atoms with Gasteiger partial charge in [0.1, 0.15) is 5.75 Å². The number of carbonyl (C=O) groups is 1. The number of hydrogen-bond acceptors (Lipinski definition) is 5. The number of aliphatic hydroxyl groups excluding tert-OH is 1. The number of carboxylic acid groups (broad SMARTS) is 1. The van der Waals surface area contributed by atoms with E-state index in [2.05, 4.69) is 48.7 Å². The molecular formula is C24H40N2O4. The normalized spacial score (nSPS) is 13.5. The summed E-state index contributed by atoms with van der Waals surface area (Å²) < 4.78 is 4.97. The van der Waals surface area contributed by atoms with Crippen LogP contribution >= 0.6 is 0 Å². The Balaban J connectivity index is 0. The lowest BCUT2D eigenvalue weighted by Crippen LogP contribution is -2.11. The molecule has 1 heterocycles. The summed E-state index contributed by atoms with van der Waals surface area (Å²) in [4.78, 5) is 8.36. The van der Waals surface area contributed by atoms with Gasteiger partial charge in [0.15, 0.2) is 0 Å². The highest BCUT2D eigenvalue weighted by Gasteiger charge is 2.08. The molecule has 6 nitrogen and oxygen atoms in total. The summed E-state index contributed by atoms with van der Waals surface area (Å²) in [6.45, 7) is 10.6. The van der Waals surface area contributed by atoms with Gasteiger partial charge < -0.3 is 25.6 Å². The molecule has 0 bridgehead atoms. The lowest BCUT2D eigenvalue weighted by Gasteiger charge is -1.98. The number of β-amino-alcohol motifs (C(OH)–C–C–N with tert-alkyl or cyclic N) is 1. The van der Waals surface area contributed by atoms with Crippen LogP contribution in [0.15, 0.2) is 48.5 Å². The summed E-state index contributed by atoms with van der Waals surface area (Å²) >= 11 is 0. The lowest BCUT2D eigenvalue weighted by molar-refractivity contribution is -0.122. The van der Waals surface area contributed by atoms with Gasteiger partial charge in [-0.1, -0.05) is 61.4 Å². The van der Waals surface area contributed by atoms with Crippen molar-refractivity contribution in [3.8, 4) is 5.75 Å². The Labute approximate surface area is 182 Å². The predicted molar refractivity (Wildman–Crippen MR) is 125 cm³/mol. The minimum absolute atomic E-state index is 0.0648. The SMILES string of the molecule is CC.CNCc1ccc(C)cc1.COc1ccc(C)cc1.O=CO.OC1CCNC1. The van der Waals surface area contributed by atoms with Crippen molar-refractivity contribution in [3.63, 3.8) is 0 Å². The molecule has 1 unspecified atom stereocenters. The molecule has 0 aliphatic carbocycles. The molecule has 0 aromatic heterocycles. The topological polar surface area (TPSA) is 90.8 Å². The van der Waals surface area contributed by atoms with Gasteiger partial charge in [-0.25, -0.2) is 0 Å². The quantitative estimate of drug-likeness (QED) is 0.565. The number of nitrogens with one attached hydrogen (secondary N) is 2. The number of benzene rings is 2. The average Bonchev–Trinajstić information content (AvgIpc) is 3.24. The van der Waals surface area contributed by atoms with Crippen molar-refractivity contribution < 1.29 is 19.7 Å². The minimum atomic E-state index is -0.250. The highest BCUT2D eigenvalue weighted by Crippen LogP contribution is 2.09. The molecule has 0 spiro atoms. The van der Waals surface area contributed by atoms with Crippen LogP contribution in [0.4, 0.5) is 0 Å². The number of hydrogen-bond donors (Lipinski definition) is 4. The van der Waals surface area contributed by atoms with Crippen molar-refractivity contribution >= 4 is 6.47 Å². The Kier molecular flexibility index (Phi) is 21.2. The van der Waals surface area contributed by atoms with Crippen molar-refractivity contribution in [1.29, 1.82) is 0 Å². The molecule has 6 heteroatoms. The molecule has 170 valence electrons. The summed E-state index contributed by atoms with van der Waals surface area (Å²) in [6, 6.07) is 16.5. The molecule has 4 N–H and O–H groups in total. The van der Waals surface area contributed by atoms with Gasteiger partial charge in [-0.2, -0.15) is 0 Å². The summed E-state index contributed by atoms with van der Waals surface area (Å²) in [5.41, 5.74) is 3.92. The second kappa shape index (κ2) is 21.3. The average molecular weight is 421 g/mol. The van der Waals surface area contributed by atoms with Gasteiger partial charge in [0.2, 0.25) is 0 Å². The van der Waals surface area contributed by atoms with Gasteiger partial charge >= 0.3 is 0 Å². The van der Waals surface area contributed by atoms with Crippen molar-refractivity contribution in [2.45, 2.75) is 46.8 Å². The Bertz CT molecular complexity index is 610. The van der Waals surface area contributed by atoms with Crippen LogP contribution < -0.4 is 15.4 Å². The van der Waals surface area contributed by atoms with Crippen molar-refractivity contribution in [1.82, 2.24) is 10.6 Å². The van der Waals surface area contributed by atoms with Gasteiger partial charge in [-0.3, -0.25) is 4.79 Å². The Morgan fingerprint density at radius 1 is 1.07 bits per heavy atom. The van der Waals surface area contributed by atoms with Crippen LogP contribution in [0.25, 0.3) is 0 Å². The summed E-state index contributed by atoms with van der Waals surface area (Å²) in [5.74, 6) is 0.917. The van der Waals surface area contributed by atoms with Gasteiger partial charge in [-0.05, 0) is 51.6 Å². The fraction of sp³-hybridized carbons (Fsp3) is 0.458.